The van der Waals surface area contributed by atoms with Crippen molar-refractivity contribution in [3.05, 3.63) is 36.2 Å². The summed E-state index contributed by atoms with van der Waals surface area (Å²) in [7, 11) is 0. The summed E-state index contributed by atoms with van der Waals surface area (Å²) in [6, 6.07) is 9.57. The molecule has 0 aliphatic carbocycles. The average molecular weight is 288 g/mol. The molecule has 0 radical (unpaired) electrons. The number of rotatable bonds is 7. The van der Waals surface area contributed by atoms with Crippen molar-refractivity contribution >= 4 is 5.91 Å². The second kappa shape index (κ2) is 7.54. The van der Waals surface area contributed by atoms with Crippen LogP contribution in [0.1, 0.15) is 19.7 Å². The fourth-order valence-electron chi connectivity index (χ4n) is 1.69. The fourth-order valence-corrected chi connectivity index (χ4v) is 1.69. The standard InChI is InChI=1S/C15H20N4O2/c1-11(2)8-17-13(20)9-16-10-14-18-19-15(21-14)12-6-4-3-5-7-12/h3-7,11,16H,8-10H2,1-2H3,(H,17,20). The lowest BCUT2D eigenvalue weighted by molar-refractivity contribution is -0.120. The van der Waals surface area contributed by atoms with E-state index in [0.717, 1.165) is 5.56 Å². The van der Waals surface area contributed by atoms with Gasteiger partial charge in [-0.05, 0) is 18.1 Å². The van der Waals surface area contributed by atoms with E-state index in [4.69, 9.17) is 4.42 Å². The Labute approximate surface area is 124 Å². The first-order chi connectivity index (χ1) is 10.1. The Morgan fingerprint density at radius 1 is 1.24 bits per heavy atom. The Morgan fingerprint density at radius 2 is 2.00 bits per heavy atom. The molecule has 1 aromatic carbocycles. The van der Waals surface area contributed by atoms with Gasteiger partial charge in [-0.1, -0.05) is 32.0 Å². The zero-order valence-corrected chi connectivity index (χ0v) is 12.3. The number of carbonyl (C=O) groups is 1. The van der Waals surface area contributed by atoms with Crippen LogP contribution in [0, 0.1) is 5.92 Å². The average Bonchev–Trinajstić information content (AvgIpc) is 2.95. The quantitative estimate of drug-likeness (QED) is 0.809. The van der Waals surface area contributed by atoms with Gasteiger partial charge < -0.3 is 9.73 Å². The van der Waals surface area contributed by atoms with Crippen molar-refractivity contribution < 1.29 is 9.21 Å². The van der Waals surface area contributed by atoms with Crippen LogP contribution in [-0.2, 0) is 11.3 Å². The molecule has 6 heteroatoms. The lowest BCUT2D eigenvalue weighted by atomic mass is 10.2. The zero-order chi connectivity index (χ0) is 15.1. The minimum Gasteiger partial charge on any atom is -0.419 e. The number of hydrogen-bond acceptors (Lipinski definition) is 5. The summed E-state index contributed by atoms with van der Waals surface area (Å²) in [5, 5.41) is 13.8. The number of hydrogen-bond donors (Lipinski definition) is 2. The van der Waals surface area contributed by atoms with Gasteiger partial charge in [0, 0.05) is 12.1 Å². The Bertz CT molecular complexity index is 566. The molecule has 0 bridgehead atoms. The number of carbonyl (C=O) groups excluding carboxylic acids is 1. The summed E-state index contributed by atoms with van der Waals surface area (Å²) in [5.41, 5.74) is 0.880. The van der Waals surface area contributed by atoms with Gasteiger partial charge in [-0.2, -0.15) is 0 Å². The highest BCUT2D eigenvalue weighted by Crippen LogP contribution is 2.16. The highest BCUT2D eigenvalue weighted by molar-refractivity contribution is 5.77. The molecule has 0 saturated heterocycles. The predicted octanol–water partition coefficient (Wildman–Crippen LogP) is 1.60. The van der Waals surface area contributed by atoms with E-state index >= 15 is 0 Å². The van der Waals surface area contributed by atoms with Gasteiger partial charge in [-0.3, -0.25) is 10.1 Å². The lowest BCUT2D eigenvalue weighted by Crippen LogP contribution is -2.35. The van der Waals surface area contributed by atoms with Crippen LogP contribution in [0.4, 0.5) is 0 Å². The molecule has 112 valence electrons. The molecule has 0 unspecified atom stereocenters. The van der Waals surface area contributed by atoms with Crippen molar-refractivity contribution in [3.8, 4) is 11.5 Å². The van der Waals surface area contributed by atoms with E-state index in [1.807, 2.05) is 30.3 Å². The molecule has 1 amide bonds. The van der Waals surface area contributed by atoms with Crippen LogP contribution in [0.3, 0.4) is 0 Å². The van der Waals surface area contributed by atoms with Crippen LogP contribution in [0.15, 0.2) is 34.7 Å². The van der Waals surface area contributed by atoms with E-state index in [1.54, 1.807) is 0 Å². The summed E-state index contributed by atoms with van der Waals surface area (Å²) < 4.78 is 5.53. The molecular formula is C15H20N4O2. The Hall–Kier alpha value is -2.21. The van der Waals surface area contributed by atoms with E-state index in [9.17, 15) is 4.79 Å². The van der Waals surface area contributed by atoms with E-state index in [2.05, 4.69) is 34.7 Å². The molecule has 0 aliphatic heterocycles. The molecule has 0 aliphatic rings. The van der Waals surface area contributed by atoms with Crippen molar-refractivity contribution in [2.45, 2.75) is 20.4 Å². The first kappa shape index (κ1) is 15.2. The zero-order valence-electron chi connectivity index (χ0n) is 12.3. The van der Waals surface area contributed by atoms with Gasteiger partial charge in [0.05, 0.1) is 13.1 Å². The van der Waals surface area contributed by atoms with Crippen LogP contribution in [-0.4, -0.2) is 29.2 Å². The first-order valence-corrected chi connectivity index (χ1v) is 7.00. The monoisotopic (exact) mass is 288 g/mol. The molecular weight excluding hydrogens is 268 g/mol. The van der Waals surface area contributed by atoms with E-state index in [1.165, 1.54) is 0 Å². The third-order valence-electron chi connectivity index (χ3n) is 2.76. The maximum Gasteiger partial charge on any atom is 0.247 e. The van der Waals surface area contributed by atoms with Crippen molar-refractivity contribution in [2.24, 2.45) is 5.92 Å². The Balaban J connectivity index is 1.77. The van der Waals surface area contributed by atoms with Gasteiger partial charge in [0.1, 0.15) is 0 Å². The molecule has 1 aromatic heterocycles. The molecule has 2 aromatic rings. The molecule has 6 nitrogen and oxygen atoms in total. The van der Waals surface area contributed by atoms with Crippen LogP contribution in [0.25, 0.3) is 11.5 Å². The molecule has 0 fully saturated rings. The molecule has 0 spiro atoms. The van der Waals surface area contributed by atoms with E-state index in [-0.39, 0.29) is 12.5 Å². The second-order valence-electron chi connectivity index (χ2n) is 5.17. The summed E-state index contributed by atoms with van der Waals surface area (Å²) in [5.74, 6) is 1.35. The van der Waals surface area contributed by atoms with Crippen LogP contribution in [0.2, 0.25) is 0 Å². The largest absolute Gasteiger partial charge is 0.419 e. The summed E-state index contributed by atoms with van der Waals surface area (Å²) in [4.78, 5) is 11.5. The third kappa shape index (κ3) is 5.00. The molecule has 2 rings (SSSR count). The minimum atomic E-state index is -0.0356. The lowest BCUT2D eigenvalue weighted by Gasteiger charge is -2.07. The van der Waals surface area contributed by atoms with Crippen molar-refractivity contribution in [1.29, 1.82) is 0 Å². The molecule has 2 N–H and O–H groups in total. The number of nitrogens with one attached hydrogen (secondary N) is 2. The summed E-state index contributed by atoms with van der Waals surface area (Å²) in [6.45, 7) is 5.39. The van der Waals surface area contributed by atoms with E-state index in [0.29, 0.717) is 30.8 Å². The predicted molar refractivity (Wildman–Crippen MR) is 79.3 cm³/mol. The van der Waals surface area contributed by atoms with Crippen molar-refractivity contribution in [3.63, 3.8) is 0 Å². The van der Waals surface area contributed by atoms with Crippen molar-refractivity contribution in [2.75, 3.05) is 13.1 Å². The fraction of sp³-hybridized carbons (Fsp3) is 0.400. The van der Waals surface area contributed by atoms with Crippen LogP contribution < -0.4 is 10.6 Å². The van der Waals surface area contributed by atoms with Crippen molar-refractivity contribution in [1.82, 2.24) is 20.8 Å². The van der Waals surface area contributed by atoms with Crippen LogP contribution >= 0.6 is 0 Å². The molecule has 0 atom stereocenters. The van der Waals surface area contributed by atoms with Gasteiger partial charge in [0.15, 0.2) is 0 Å². The van der Waals surface area contributed by atoms with Gasteiger partial charge in [-0.25, -0.2) is 0 Å². The number of aromatic nitrogens is 2. The third-order valence-corrected chi connectivity index (χ3v) is 2.76. The van der Waals surface area contributed by atoms with Gasteiger partial charge in [-0.15, -0.1) is 10.2 Å². The SMILES string of the molecule is CC(C)CNC(=O)CNCc1nnc(-c2ccccc2)o1. The highest BCUT2D eigenvalue weighted by atomic mass is 16.4. The number of amides is 1. The topological polar surface area (TPSA) is 80.0 Å². The smallest absolute Gasteiger partial charge is 0.247 e. The Morgan fingerprint density at radius 3 is 2.71 bits per heavy atom. The number of nitrogens with zero attached hydrogens (tertiary/aromatic N) is 2. The highest BCUT2D eigenvalue weighted by Gasteiger charge is 2.08. The van der Waals surface area contributed by atoms with Crippen LogP contribution in [0.5, 0.6) is 0 Å². The van der Waals surface area contributed by atoms with Gasteiger partial charge >= 0.3 is 0 Å². The van der Waals surface area contributed by atoms with Gasteiger partial charge in [0.25, 0.3) is 0 Å². The second-order valence-corrected chi connectivity index (χ2v) is 5.17. The summed E-state index contributed by atoms with van der Waals surface area (Å²) in [6.07, 6.45) is 0. The van der Waals surface area contributed by atoms with E-state index < -0.39 is 0 Å². The maximum atomic E-state index is 11.5. The summed E-state index contributed by atoms with van der Waals surface area (Å²) >= 11 is 0. The maximum absolute atomic E-state index is 11.5. The van der Waals surface area contributed by atoms with Gasteiger partial charge in [0.2, 0.25) is 17.7 Å². The molecule has 21 heavy (non-hydrogen) atoms. The molecule has 1 heterocycles. The normalized spacial score (nSPS) is 10.8. The molecule has 0 saturated carbocycles. The Kier molecular flexibility index (Phi) is 5.45. The number of benzene rings is 1. The minimum absolute atomic E-state index is 0.0356. The first-order valence-electron chi connectivity index (χ1n) is 7.00.